The number of fused-ring (bicyclic) bond motifs is 1. The number of non-ortho nitro benzene ring substituents is 1. The highest BCUT2D eigenvalue weighted by Gasteiger charge is 2.24. The Balaban J connectivity index is 1.57. The van der Waals surface area contributed by atoms with Gasteiger partial charge in [-0.2, -0.15) is 16.9 Å². The summed E-state index contributed by atoms with van der Waals surface area (Å²) >= 11 is 1.71. The third-order valence-electron chi connectivity index (χ3n) is 4.39. The van der Waals surface area contributed by atoms with Crippen molar-refractivity contribution >= 4 is 29.2 Å². The van der Waals surface area contributed by atoms with Crippen molar-refractivity contribution in [2.24, 2.45) is 0 Å². The van der Waals surface area contributed by atoms with Gasteiger partial charge < -0.3 is 5.32 Å². The number of anilines is 1. The molecule has 0 aliphatic carbocycles. The maximum Gasteiger partial charge on any atom is 0.269 e. The highest BCUT2D eigenvalue weighted by molar-refractivity contribution is 7.98. The summed E-state index contributed by atoms with van der Waals surface area (Å²) in [4.78, 5) is 22.8. The van der Waals surface area contributed by atoms with Gasteiger partial charge in [-0.15, -0.1) is 0 Å². The van der Waals surface area contributed by atoms with E-state index in [-0.39, 0.29) is 23.8 Å². The van der Waals surface area contributed by atoms with E-state index in [4.69, 9.17) is 0 Å². The van der Waals surface area contributed by atoms with E-state index < -0.39 is 4.92 Å². The van der Waals surface area contributed by atoms with Crippen LogP contribution in [0.25, 0.3) is 5.69 Å². The van der Waals surface area contributed by atoms with Crippen LogP contribution in [0.15, 0.2) is 48.5 Å². The lowest BCUT2D eigenvalue weighted by molar-refractivity contribution is -0.384. The van der Waals surface area contributed by atoms with Crippen molar-refractivity contribution < 1.29 is 14.1 Å². The van der Waals surface area contributed by atoms with Gasteiger partial charge in [0, 0.05) is 29.2 Å². The number of amides is 1. The van der Waals surface area contributed by atoms with E-state index in [1.54, 1.807) is 40.7 Å². The highest BCUT2D eigenvalue weighted by atomic mass is 32.2. The number of hydrogen-bond donors (Lipinski definition) is 1. The van der Waals surface area contributed by atoms with Crippen LogP contribution < -0.4 is 5.32 Å². The molecule has 9 heteroatoms. The summed E-state index contributed by atoms with van der Waals surface area (Å²) in [6.07, 6.45) is 0.0779. The quantitative estimate of drug-likeness (QED) is 0.521. The summed E-state index contributed by atoms with van der Waals surface area (Å²) in [6.45, 7) is 0. The van der Waals surface area contributed by atoms with E-state index in [0.29, 0.717) is 17.1 Å². The van der Waals surface area contributed by atoms with Gasteiger partial charge in [0.25, 0.3) is 5.69 Å². The standard InChI is InChI=1S/C19H15FN4O3S/c20-13-3-7-14(8-4-13)23-19(16-10-28-11-17(16)22-23)21-18(25)9-12-1-5-15(6-2-12)24(26)27/h1-8H,9-11H2,(H,21,25). The Labute approximate surface area is 163 Å². The van der Waals surface area contributed by atoms with Crippen LogP contribution >= 0.6 is 11.8 Å². The van der Waals surface area contributed by atoms with Crippen LogP contribution in [0.2, 0.25) is 0 Å². The molecule has 2 heterocycles. The Hall–Kier alpha value is -3.20. The van der Waals surface area contributed by atoms with Crippen LogP contribution in [0.1, 0.15) is 16.8 Å². The minimum atomic E-state index is -0.480. The van der Waals surface area contributed by atoms with E-state index >= 15 is 0 Å². The molecule has 0 saturated carbocycles. The molecule has 1 N–H and O–H groups in total. The predicted molar refractivity (Wildman–Crippen MR) is 104 cm³/mol. The van der Waals surface area contributed by atoms with Gasteiger partial charge in [-0.05, 0) is 29.8 Å². The summed E-state index contributed by atoms with van der Waals surface area (Å²) in [5, 5.41) is 18.2. The molecule has 0 radical (unpaired) electrons. The molecule has 1 aliphatic rings. The number of thioether (sulfide) groups is 1. The average Bonchev–Trinajstić information content (AvgIpc) is 3.26. The van der Waals surface area contributed by atoms with Gasteiger partial charge in [-0.25, -0.2) is 9.07 Å². The number of nitrogens with one attached hydrogen (secondary N) is 1. The first kappa shape index (κ1) is 18.2. The SMILES string of the molecule is O=C(Cc1ccc([N+](=O)[O-])cc1)Nc1c2c(nn1-c1ccc(F)cc1)CSC2. The van der Waals surface area contributed by atoms with E-state index in [1.165, 1.54) is 24.3 Å². The number of benzene rings is 2. The fourth-order valence-electron chi connectivity index (χ4n) is 3.01. The normalized spacial score (nSPS) is 12.6. The summed E-state index contributed by atoms with van der Waals surface area (Å²) < 4.78 is 14.9. The van der Waals surface area contributed by atoms with Crippen molar-refractivity contribution in [3.63, 3.8) is 0 Å². The monoisotopic (exact) mass is 398 g/mol. The van der Waals surface area contributed by atoms with Crippen LogP contribution in [0.3, 0.4) is 0 Å². The van der Waals surface area contributed by atoms with Crippen LogP contribution in [-0.4, -0.2) is 20.6 Å². The Morgan fingerprint density at radius 2 is 1.89 bits per heavy atom. The number of nitro benzene ring substituents is 1. The first-order valence-electron chi connectivity index (χ1n) is 8.49. The van der Waals surface area contributed by atoms with Crippen molar-refractivity contribution in [1.29, 1.82) is 0 Å². The third-order valence-corrected chi connectivity index (χ3v) is 5.36. The molecular weight excluding hydrogens is 383 g/mol. The molecule has 0 fully saturated rings. The number of nitro groups is 1. The number of rotatable bonds is 5. The van der Waals surface area contributed by atoms with Crippen molar-refractivity contribution in [2.75, 3.05) is 5.32 Å². The Morgan fingerprint density at radius 1 is 1.18 bits per heavy atom. The molecular formula is C19H15FN4O3S. The number of nitrogens with zero attached hydrogens (tertiary/aromatic N) is 3. The summed E-state index contributed by atoms with van der Waals surface area (Å²) in [7, 11) is 0. The van der Waals surface area contributed by atoms with Crippen molar-refractivity contribution in [3.8, 4) is 5.69 Å². The van der Waals surface area contributed by atoms with E-state index in [2.05, 4.69) is 10.4 Å². The van der Waals surface area contributed by atoms with Gasteiger partial charge in [0.05, 0.1) is 22.7 Å². The first-order valence-corrected chi connectivity index (χ1v) is 9.64. The lowest BCUT2D eigenvalue weighted by atomic mass is 10.1. The number of carbonyl (C=O) groups is 1. The van der Waals surface area contributed by atoms with Crippen LogP contribution in [0, 0.1) is 15.9 Å². The second-order valence-corrected chi connectivity index (χ2v) is 7.29. The Kier molecular flexibility index (Phi) is 4.82. The largest absolute Gasteiger partial charge is 0.310 e. The van der Waals surface area contributed by atoms with Crippen molar-refractivity contribution in [1.82, 2.24) is 9.78 Å². The number of halogens is 1. The summed E-state index contributed by atoms with van der Waals surface area (Å²) in [5.74, 6) is 1.48. The number of carbonyl (C=O) groups excluding carboxylic acids is 1. The smallest absolute Gasteiger partial charge is 0.269 e. The third kappa shape index (κ3) is 3.61. The molecule has 0 spiro atoms. The molecule has 3 aromatic rings. The maximum absolute atomic E-state index is 13.3. The van der Waals surface area contributed by atoms with Gasteiger partial charge >= 0.3 is 0 Å². The van der Waals surface area contributed by atoms with Crippen LogP contribution in [0.5, 0.6) is 0 Å². The molecule has 0 saturated heterocycles. The highest BCUT2D eigenvalue weighted by Crippen LogP contribution is 2.36. The summed E-state index contributed by atoms with van der Waals surface area (Å²) in [6, 6.07) is 11.8. The predicted octanol–water partition coefficient (Wildman–Crippen LogP) is 3.85. The molecule has 28 heavy (non-hydrogen) atoms. The first-order chi connectivity index (χ1) is 13.5. The van der Waals surface area contributed by atoms with Crippen molar-refractivity contribution in [2.45, 2.75) is 17.9 Å². The Bertz CT molecular complexity index is 1050. The zero-order valence-electron chi connectivity index (χ0n) is 14.6. The molecule has 0 bridgehead atoms. The van der Waals surface area contributed by atoms with Crippen LogP contribution in [0.4, 0.5) is 15.9 Å². The van der Waals surface area contributed by atoms with Crippen LogP contribution in [-0.2, 0) is 22.7 Å². The second-order valence-electron chi connectivity index (χ2n) is 6.30. The molecule has 142 valence electrons. The van der Waals surface area contributed by atoms with E-state index in [0.717, 1.165) is 22.8 Å². The lowest BCUT2D eigenvalue weighted by Gasteiger charge is -2.11. The fourth-order valence-corrected chi connectivity index (χ4v) is 4.04. The maximum atomic E-state index is 13.3. The zero-order valence-corrected chi connectivity index (χ0v) is 15.4. The number of aromatic nitrogens is 2. The minimum Gasteiger partial charge on any atom is -0.310 e. The molecule has 7 nitrogen and oxygen atoms in total. The van der Waals surface area contributed by atoms with E-state index in [9.17, 15) is 19.3 Å². The van der Waals surface area contributed by atoms with Gasteiger partial charge in [0.15, 0.2) is 0 Å². The molecule has 1 aliphatic heterocycles. The molecule has 2 aromatic carbocycles. The number of hydrogen-bond acceptors (Lipinski definition) is 5. The Morgan fingerprint density at radius 3 is 2.57 bits per heavy atom. The van der Waals surface area contributed by atoms with Gasteiger partial charge in [-0.3, -0.25) is 14.9 Å². The topological polar surface area (TPSA) is 90.1 Å². The second kappa shape index (κ2) is 7.43. The van der Waals surface area contributed by atoms with Gasteiger partial charge in [0.2, 0.25) is 5.91 Å². The molecule has 0 unspecified atom stereocenters. The molecule has 4 rings (SSSR count). The minimum absolute atomic E-state index is 0.0200. The van der Waals surface area contributed by atoms with Crippen molar-refractivity contribution in [3.05, 3.63) is 81.3 Å². The molecule has 1 amide bonds. The zero-order chi connectivity index (χ0) is 19.7. The average molecular weight is 398 g/mol. The molecule has 0 atom stereocenters. The molecule has 1 aromatic heterocycles. The fraction of sp³-hybridized carbons (Fsp3) is 0.158. The lowest BCUT2D eigenvalue weighted by Crippen LogP contribution is -2.18. The summed E-state index contributed by atoms with van der Waals surface area (Å²) in [5.41, 5.74) is 3.17. The van der Waals surface area contributed by atoms with E-state index in [1.807, 2.05) is 0 Å². The van der Waals surface area contributed by atoms with Gasteiger partial charge in [0.1, 0.15) is 11.6 Å². The van der Waals surface area contributed by atoms with Gasteiger partial charge in [-0.1, -0.05) is 12.1 Å².